The molecule has 1 fully saturated rings. The van der Waals surface area contributed by atoms with Gasteiger partial charge in [0.15, 0.2) is 5.82 Å². The Hall–Kier alpha value is -0.900. The Bertz CT molecular complexity index is 284. The zero-order valence-electron chi connectivity index (χ0n) is 7.86. The maximum atomic E-state index is 5.99. The molecule has 2 atom stereocenters. The first-order valence-corrected chi connectivity index (χ1v) is 4.83. The molecule has 1 aliphatic carbocycles. The lowest BCUT2D eigenvalue weighted by Gasteiger charge is -2.25. The Labute approximate surface area is 77.5 Å². The van der Waals surface area contributed by atoms with Crippen LogP contribution in [0.2, 0.25) is 0 Å². The van der Waals surface area contributed by atoms with Gasteiger partial charge in [-0.1, -0.05) is 18.0 Å². The Morgan fingerprint density at radius 1 is 1.38 bits per heavy atom. The van der Waals surface area contributed by atoms with E-state index in [2.05, 4.69) is 10.1 Å². The largest absolute Gasteiger partial charge is 0.339 e. The monoisotopic (exact) mass is 181 g/mol. The van der Waals surface area contributed by atoms with E-state index in [1.165, 1.54) is 12.8 Å². The molecule has 1 saturated carbocycles. The molecule has 0 aliphatic heterocycles. The summed E-state index contributed by atoms with van der Waals surface area (Å²) in [4.78, 5) is 4.23. The van der Waals surface area contributed by atoms with E-state index in [1.807, 2.05) is 6.92 Å². The predicted molar refractivity (Wildman–Crippen MR) is 48.2 cm³/mol. The quantitative estimate of drug-likeness (QED) is 0.710. The van der Waals surface area contributed by atoms with Gasteiger partial charge in [-0.25, -0.2) is 0 Å². The lowest BCUT2D eigenvalue weighted by molar-refractivity contribution is 0.289. The minimum atomic E-state index is 0.202. The van der Waals surface area contributed by atoms with Crippen molar-refractivity contribution in [2.45, 2.75) is 44.6 Å². The summed E-state index contributed by atoms with van der Waals surface area (Å²) < 4.78 is 5.13. The molecule has 0 unspecified atom stereocenters. The molecule has 0 saturated heterocycles. The van der Waals surface area contributed by atoms with Crippen molar-refractivity contribution >= 4 is 0 Å². The van der Waals surface area contributed by atoms with Crippen LogP contribution >= 0.6 is 0 Å². The van der Waals surface area contributed by atoms with Crippen molar-refractivity contribution in [3.05, 3.63) is 11.7 Å². The maximum Gasteiger partial charge on any atom is 0.231 e. The van der Waals surface area contributed by atoms with Crippen molar-refractivity contribution in [2.75, 3.05) is 0 Å². The molecule has 0 radical (unpaired) electrons. The van der Waals surface area contributed by atoms with Crippen molar-refractivity contribution in [3.63, 3.8) is 0 Å². The average molecular weight is 181 g/mol. The summed E-state index contributed by atoms with van der Waals surface area (Å²) in [5.74, 6) is 1.72. The van der Waals surface area contributed by atoms with Gasteiger partial charge in [0.05, 0.1) is 5.92 Å². The van der Waals surface area contributed by atoms with Crippen LogP contribution in [0.3, 0.4) is 0 Å². The fourth-order valence-corrected chi connectivity index (χ4v) is 1.93. The summed E-state index contributed by atoms with van der Waals surface area (Å²) in [6.45, 7) is 1.83. The molecule has 2 rings (SSSR count). The topological polar surface area (TPSA) is 64.9 Å². The van der Waals surface area contributed by atoms with E-state index in [0.717, 1.165) is 18.7 Å². The van der Waals surface area contributed by atoms with Crippen molar-refractivity contribution in [3.8, 4) is 0 Å². The third-order valence-electron chi connectivity index (χ3n) is 2.68. The molecule has 0 aromatic carbocycles. The average Bonchev–Trinajstić information content (AvgIpc) is 2.53. The van der Waals surface area contributed by atoms with Crippen LogP contribution in [-0.4, -0.2) is 16.2 Å². The number of rotatable bonds is 1. The normalized spacial score (nSPS) is 29.1. The van der Waals surface area contributed by atoms with Gasteiger partial charge in [0.25, 0.3) is 0 Å². The van der Waals surface area contributed by atoms with Gasteiger partial charge in [-0.3, -0.25) is 0 Å². The molecular formula is C9H15N3O. The van der Waals surface area contributed by atoms with Crippen LogP contribution in [0, 0.1) is 6.92 Å². The summed E-state index contributed by atoms with van der Waals surface area (Å²) in [7, 11) is 0. The summed E-state index contributed by atoms with van der Waals surface area (Å²) >= 11 is 0. The second kappa shape index (κ2) is 3.46. The Balaban J connectivity index is 2.14. The zero-order chi connectivity index (χ0) is 9.26. The lowest BCUT2D eigenvalue weighted by Crippen LogP contribution is -2.31. The smallest absolute Gasteiger partial charge is 0.231 e. The molecule has 4 heteroatoms. The molecule has 13 heavy (non-hydrogen) atoms. The Morgan fingerprint density at radius 3 is 2.77 bits per heavy atom. The minimum absolute atomic E-state index is 0.202. The summed E-state index contributed by atoms with van der Waals surface area (Å²) in [5, 5.41) is 3.78. The first-order valence-electron chi connectivity index (χ1n) is 4.83. The molecule has 1 heterocycles. The van der Waals surface area contributed by atoms with Crippen molar-refractivity contribution < 1.29 is 4.52 Å². The Morgan fingerprint density at radius 2 is 2.15 bits per heavy atom. The number of hydrogen-bond donors (Lipinski definition) is 1. The third kappa shape index (κ3) is 1.72. The number of nitrogens with two attached hydrogens (primary N) is 1. The van der Waals surface area contributed by atoms with E-state index < -0.39 is 0 Å². The Kier molecular flexibility index (Phi) is 2.31. The highest BCUT2D eigenvalue weighted by atomic mass is 16.5. The number of aryl methyl sites for hydroxylation is 1. The lowest BCUT2D eigenvalue weighted by atomic mass is 9.85. The van der Waals surface area contributed by atoms with E-state index in [9.17, 15) is 0 Å². The molecule has 72 valence electrons. The second-order valence-electron chi connectivity index (χ2n) is 3.73. The van der Waals surface area contributed by atoms with Gasteiger partial charge in [-0.05, 0) is 19.8 Å². The van der Waals surface area contributed by atoms with Crippen LogP contribution in [0.25, 0.3) is 0 Å². The highest BCUT2D eigenvalue weighted by Gasteiger charge is 2.27. The molecule has 1 aliphatic rings. The second-order valence-corrected chi connectivity index (χ2v) is 3.73. The number of hydrogen-bond acceptors (Lipinski definition) is 4. The molecule has 0 amide bonds. The van der Waals surface area contributed by atoms with Crippen LogP contribution < -0.4 is 5.73 Å². The van der Waals surface area contributed by atoms with Crippen LogP contribution in [-0.2, 0) is 0 Å². The van der Waals surface area contributed by atoms with E-state index in [1.54, 1.807) is 0 Å². The van der Waals surface area contributed by atoms with Crippen LogP contribution in [0.15, 0.2) is 4.52 Å². The first-order chi connectivity index (χ1) is 6.27. The van der Waals surface area contributed by atoms with Crippen molar-refractivity contribution in [1.82, 2.24) is 10.1 Å². The number of aromatic nitrogens is 2. The third-order valence-corrected chi connectivity index (χ3v) is 2.68. The molecule has 1 aromatic heterocycles. The van der Waals surface area contributed by atoms with Gasteiger partial charge in [0, 0.05) is 6.04 Å². The maximum absolute atomic E-state index is 5.99. The molecule has 0 bridgehead atoms. The molecule has 1 aromatic rings. The van der Waals surface area contributed by atoms with Gasteiger partial charge < -0.3 is 10.3 Å². The van der Waals surface area contributed by atoms with Crippen LogP contribution in [0.4, 0.5) is 0 Å². The molecule has 4 nitrogen and oxygen atoms in total. The summed E-state index contributed by atoms with van der Waals surface area (Å²) in [6, 6.07) is 0.202. The van der Waals surface area contributed by atoms with Gasteiger partial charge in [-0.15, -0.1) is 0 Å². The molecular weight excluding hydrogens is 166 g/mol. The highest BCUT2D eigenvalue weighted by molar-refractivity contribution is 4.99. The first kappa shape index (κ1) is 8.69. The SMILES string of the molecule is Cc1noc([C@H]2CCCC[C@H]2N)n1. The summed E-state index contributed by atoms with van der Waals surface area (Å²) in [6.07, 6.45) is 4.61. The summed E-state index contributed by atoms with van der Waals surface area (Å²) in [5.41, 5.74) is 5.99. The van der Waals surface area contributed by atoms with Crippen LogP contribution in [0.5, 0.6) is 0 Å². The van der Waals surface area contributed by atoms with E-state index in [4.69, 9.17) is 10.3 Å². The fraction of sp³-hybridized carbons (Fsp3) is 0.778. The molecule has 2 N–H and O–H groups in total. The fourth-order valence-electron chi connectivity index (χ4n) is 1.93. The predicted octanol–water partition coefficient (Wildman–Crippen LogP) is 1.36. The minimum Gasteiger partial charge on any atom is -0.339 e. The molecule has 0 spiro atoms. The van der Waals surface area contributed by atoms with Crippen molar-refractivity contribution in [1.29, 1.82) is 0 Å². The van der Waals surface area contributed by atoms with E-state index in [-0.39, 0.29) is 12.0 Å². The van der Waals surface area contributed by atoms with Gasteiger partial charge in [-0.2, -0.15) is 4.98 Å². The van der Waals surface area contributed by atoms with Crippen molar-refractivity contribution in [2.24, 2.45) is 5.73 Å². The van der Waals surface area contributed by atoms with Crippen LogP contribution in [0.1, 0.15) is 43.3 Å². The number of nitrogens with zero attached hydrogens (tertiary/aromatic N) is 2. The van der Waals surface area contributed by atoms with Gasteiger partial charge >= 0.3 is 0 Å². The van der Waals surface area contributed by atoms with Gasteiger partial charge in [0.1, 0.15) is 0 Å². The van der Waals surface area contributed by atoms with Gasteiger partial charge in [0.2, 0.25) is 5.89 Å². The van der Waals surface area contributed by atoms with E-state index in [0.29, 0.717) is 5.82 Å². The van der Waals surface area contributed by atoms with E-state index >= 15 is 0 Å². The zero-order valence-corrected chi connectivity index (χ0v) is 7.86. The standard InChI is InChI=1S/C9H15N3O/c1-6-11-9(13-12-6)7-4-2-3-5-8(7)10/h7-8H,2-5,10H2,1H3/t7-,8+/m0/s1. The highest BCUT2D eigenvalue weighted by Crippen LogP contribution is 2.30.